The minimum absolute atomic E-state index is 0.0397. The lowest BCUT2D eigenvalue weighted by Gasteiger charge is -2.33. The first-order chi connectivity index (χ1) is 20.2. The fraction of sp³-hybridized carbons (Fsp3) is 0.375. The summed E-state index contributed by atoms with van der Waals surface area (Å²) in [6, 6.07) is 19.5. The van der Waals surface area contributed by atoms with Gasteiger partial charge < -0.3 is 19.7 Å². The van der Waals surface area contributed by atoms with Crippen molar-refractivity contribution in [1.82, 2.24) is 10.2 Å². The number of nitrogens with one attached hydrogen (secondary N) is 1. The summed E-state index contributed by atoms with van der Waals surface area (Å²) in [6.45, 7) is 5.79. The van der Waals surface area contributed by atoms with Crippen molar-refractivity contribution in [3.63, 3.8) is 0 Å². The fourth-order valence-electron chi connectivity index (χ4n) is 4.54. The number of amides is 2. The lowest BCUT2D eigenvalue weighted by molar-refractivity contribution is -0.140. The molecule has 0 bridgehead atoms. The van der Waals surface area contributed by atoms with Crippen LogP contribution >= 0.6 is 0 Å². The van der Waals surface area contributed by atoms with E-state index in [1.54, 1.807) is 55.6 Å². The van der Waals surface area contributed by atoms with E-state index in [-0.39, 0.29) is 23.0 Å². The molecule has 1 N–H and O–H groups in total. The van der Waals surface area contributed by atoms with E-state index >= 15 is 0 Å². The number of nitrogens with zero attached hydrogens (tertiary/aromatic N) is 2. The van der Waals surface area contributed by atoms with Crippen molar-refractivity contribution in [2.75, 3.05) is 31.6 Å². The van der Waals surface area contributed by atoms with Crippen LogP contribution in [0.5, 0.6) is 11.5 Å². The third kappa shape index (κ3) is 8.03. The van der Waals surface area contributed by atoms with E-state index in [1.807, 2.05) is 32.9 Å². The van der Waals surface area contributed by atoms with E-state index in [4.69, 9.17) is 9.47 Å². The van der Waals surface area contributed by atoms with Gasteiger partial charge in [0, 0.05) is 13.1 Å². The normalized spacial score (nSPS) is 11.8. The Labute approximate surface area is 249 Å². The van der Waals surface area contributed by atoms with Crippen LogP contribution in [0.15, 0.2) is 77.7 Å². The van der Waals surface area contributed by atoms with Crippen molar-refractivity contribution < 1.29 is 27.5 Å². The van der Waals surface area contributed by atoms with Crippen molar-refractivity contribution in [1.29, 1.82) is 0 Å². The molecule has 0 radical (unpaired) electrons. The van der Waals surface area contributed by atoms with Gasteiger partial charge in [0.25, 0.3) is 10.0 Å². The monoisotopic (exact) mass is 595 g/mol. The number of anilines is 1. The molecule has 3 rings (SSSR count). The summed E-state index contributed by atoms with van der Waals surface area (Å²) in [6.07, 6.45) is 2.07. The van der Waals surface area contributed by atoms with Gasteiger partial charge in [0.1, 0.15) is 24.1 Å². The summed E-state index contributed by atoms with van der Waals surface area (Å²) >= 11 is 0. The van der Waals surface area contributed by atoms with Crippen molar-refractivity contribution in [2.24, 2.45) is 0 Å². The largest absolute Gasteiger partial charge is 0.497 e. The van der Waals surface area contributed by atoms with Crippen LogP contribution in [-0.2, 0) is 26.2 Å². The maximum atomic E-state index is 14.2. The van der Waals surface area contributed by atoms with Crippen molar-refractivity contribution in [3.05, 3.63) is 83.9 Å². The quantitative estimate of drug-likeness (QED) is 0.250. The Morgan fingerprint density at radius 2 is 1.57 bits per heavy atom. The van der Waals surface area contributed by atoms with Gasteiger partial charge >= 0.3 is 0 Å². The van der Waals surface area contributed by atoms with E-state index in [2.05, 4.69) is 5.32 Å². The van der Waals surface area contributed by atoms with Crippen molar-refractivity contribution in [3.8, 4) is 11.5 Å². The second kappa shape index (κ2) is 15.3. The molecule has 0 aromatic heterocycles. The molecule has 1 atom stereocenters. The molecule has 0 unspecified atom stereocenters. The summed E-state index contributed by atoms with van der Waals surface area (Å²) in [7, 11) is -1.18. The maximum absolute atomic E-state index is 14.2. The van der Waals surface area contributed by atoms with E-state index in [9.17, 15) is 18.0 Å². The molecular formula is C32H41N3O6S. The van der Waals surface area contributed by atoms with Gasteiger partial charge in [-0.25, -0.2) is 8.42 Å². The van der Waals surface area contributed by atoms with Gasteiger partial charge in [-0.1, -0.05) is 62.2 Å². The molecule has 0 aliphatic rings. The average molecular weight is 596 g/mol. The predicted molar refractivity (Wildman–Crippen MR) is 164 cm³/mol. The fourth-order valence-corrected chi connectivity index (χ4v) is 5.96. The smallest absolute Gasteiger partial charge is 0.264 e. The molecule has 42 heavy (non-hydrogen) atoms. The van der Waals surface area contributed by atoms with Gasteiger partial charge in [-0.2, -0.15) is 0 Å². The Bertz CT molecular complexity index is 1430. The molecule has 10 heteroatoms. The summed E-state index contributed by atoms with van der Waals surface area (Å²) in [5, 5.41) is 2.93. The topological polar surface area (TPSA) is 105 Å². The van der Waals surface area contributed by atoms with E-state index < -0.39 is 28.5 Å². The van der Waals surface area contributed by atoms with Crippen LogP contribution in [0.4, 0.5) is 5.69 Å². The van der Waals surface area contributed by atoms with E-state index in [1.165, 1.54) is 24.1 Å². The number of para-hydroxylation sites is 2. The zero-order chi connectivity index (χ0) is 30.7. The second-order valence-electron chi connectivity index (χ2n) is 9.93. The molecule has 0 saturated heterocycles. The molecule has 3 aromatic carbocycles. The summed E-state index contributed by atoms with van der Waals surface area (Å²) in [4.78, 5) is 29.0. The number of benzene rings is 3. The van der Waals surface area contributed by atoms with Gasteiger partial charge in [-0.15, -0.1) is 0 Å². The Kier molecular flexibility index (Phi) is 11.8. The zero-order valence-corrected chi connectivity index (χ0v) is 25.8. The number of carbonyl (C=O) groups is 2. The number of sulfonamides is 1. The minimum atomic E-state index is -4.20. The number of unbranched alkanes of at least 4 members (excludes halogenated alkanes) is 1. The molecule has 226 valence electrons. The van der Waals surface area contributed by atoms with E-state index in [0.717, 1.165) is 28.3 Å². The number of aryl methyl sites for hydroxylation is 1. The Hall–Kier alpha value is -4.05. The summed E-state index contributed by atoms with van der Waals surface area (Å²) in [5.41, 5.74) is 1.90. The highest BCUT2D eigenvalue weighted by atomic mass is 32.2. The Morgan fingerprint density at radius 1 is 0.905 bits per heavy atom. The molecule has 0 saturated carbocycles. The van der Waals surface area contributed by atoms with Crippen molar-refractivity contribution >= 4 is 27.5 Å². The molecule has 3 aromatic rings. The predicted octanol–water partition coefficient (Wildman–Crippen LogP) is 4.93. The number of carbonyl (C=O) groups excluding carboxylic acids is 2. The molecule has 0 heterocycles. The van der Waals surface area contributed by atoms with E-state index in [0.29, 0.717) is 24.5 Å². The number of rotatable bonds is 15. The number of hydrogen-bond donors (Lipinski definition) is 1. The number of ether oxygens (including phenoxy) is 2. The lowest BCUT2D eigenvalue weighted by Crippen LogP contribution is -2.52. The SMILES string of the molecule is CCCCNC(=O)[C@@H](CC)N(Cc1ccc(OC)cc1)C(=O)CN(c1ccccc1OC)S(=O)(=O)c1ccc(C)cc1. The highest BCUT2D eigenvalue weighted by Gasteiger charge is 2.34. The molecule has 9 nitrogen and oxygen atoms in total. The molecule has 0 aliphatic heterocycles. The Balaban J connectivity index is 2.06. The van der Waals surface area contributed by atoms with Crippen LogP contribution in [0.1, 0.15) is 44.2 Å². The van der Waals surface area contributed by atoms with Crippen LogP contribution in [0.2, 0.25) is 0 Å². The molecule has 2 amide bonds. The first kappa shape index (κ1) is 32.5. The van der Waals surface area contributed by atoms with Crippen molar-refractivity contribution in [2.45, 2.75) is 57.5 Å². The highest BCUT2D eigenvalue weighted by Crippen LogP contribution is 2.32. The number of methoxy groups -OCH3 is 2. The van der Waals surface area contributed by atoms with Crippen LogP contribution in [0.25, 0.3) is 0 Å². The average Bonchev–Trinajstić information content (AvgIpc) is 3.00. The Morgan fingerprint density at radius 3 is 2.17 bits per heavy atom. The summed E-state index contributed by atoms with van der Waals surface area (Å²) in [5.74, 6) is 0.155. The van der Waals surface area contributed by atoms with Gasteiger partial charge in [0.05, 0.1) is 24.8 Å². The maximum Gasteiger partial charge on any atom is 0.264 e. The lowest BCUT2D eigenvalue weighted by atomic mass is 10.1. The van der Waals surface area contributed by atoms with Crippen LogP contribution in [0.3, 0.4) is 0 Å². The van der Waals surface area contributed by atoms with Crippen LogP contribution in [-0.4, -0.2) is 58.5 Å². The molecule has 0 fully saturated rings. The molecule has 0 spiro atoms. The first-order valence-corrected chi connectivity index (χ1v) is 15.5. The molecular weight excluding hydrogens is 554 g/mol. The minimum Gasteiger partial charge on any atom is -0.497 e. The highest BCUT2D eigenvalue weighted by molar-refractivity contribution is 7.92. The summed E-state index contributed by atoms with van der Waals surface area (Å²) < 4.78 is 39.9. The van der Waals surface area contributed by atoms with Gasteiger partial charge in [0.15, 0.2) is 0 Å². The second-order valence-corrected chi connectivity index (χ2v) is 11.8. The first-order valence-electron chi connectivity index (χ1n) is 14.1. The number of hydrogen-bond acceptors (Lipinski definition) is 6. The zero-order valence-electron chi connectivity index (χ0n) is 25.0. The third-order valence-corrected chi connectivity index (χ3v) is 8.74. The molecule has 0 aliphatic carbocycles. The standard InChI is InChI=1S/C32H41N3O6S/c1-6-8-21-33-32(37)28(7-2)34(22-25-15-17-26(40-4)18-16-25)31(36)23-35(29-11-9-10-12-30(29)41-5)42(38,39)27-19-13-24(3)14-20-27/h9-20,28H,6-8,21-23H2,1-5H3,(H,33,37)/t28-/m1/s1. The van der Waals surface area contributed by atoms with Gasteiger partial charge in [-0.3, -0.25) is 13.9 Å². The van der Waals surface area contributed by atoms with Crippen LogP contribution in [0, 0.1) is 6.92 Å². The van der Waals surface area contributed by atoms with Gasteiger partial charge in [0.2, 0.25) is 11.8 Å². The third-order valence-electron chi connectivity index (χ3n) is 6.97. The van der Waals surface area contributed by atoms with Crippen LogP contribution < -0.4 is 19.1 Å². The van der Waals surface area contributed by atoms with Gasteiger partial charge in [-0.05, 0) is 61.7 Å².